The van der Waals surface area contributed by atoms with Gasteiger partial charge in [-0.3, -0.25) is 9.69 Å². The van der Waals surface area contributed by atoms with E-state index in [0.29, 0.717) is 29.4 Å². The third-order valence-corrected chi connectivity index (χ3v) is 4.18. The minimum Gasteiger partial charge on any atom is -0.355 e. The summed E-state index contributed by atoms with van der Waals surface area (Å²) in [6.45, 7) is 5.78. The van der Waals surface area contributed by atoms with Crippen molar-refractivity contribution >= 4 is 41.5 Å². The van der Waals surface area contributed by atoms with Crippen LogP contribution >= 0.6 is 35.6 Å². The molecule has 0 atom stereocenters. The van der Waals surface area contributed by atoms with Gasteiger partial charge in [0.2, 0.25) is 5.91 Å². The van der Waals surface area contributed by atoms with Crippen LogP contribution in [0.4, 0.5) is 0 Å². The van der Waals surface area contributed by atoms with Crippen molar-refractivity contribution in [2.75, 3.05) is 39.3 Å². The summed E-state index contributed by atoms with van der Waals surface area (Å²) in [6, 6.07) is 5.38. The van der Waals surface area contributed by atoms with E-state index in [-0.39, 0.29) is 18.3 Å². The van der Waals surface area contributed by atoms with Gasteiger partial charge in [-0.15, -0.1) is 12.4 Å². The highest BCUT2D eigenvalue weighted by atomic mass is 35.5. The van der Waals surface area contributed by atoms with Crippen molar-refractivity contribution in [2.45, 2.75) is 12.8 Å². The van der Waals surface area contributed by atoms with E-state index < -0.39 is 0 Å². The van der Waals surface area contributed by atoms with Crippen molar-refractivity contribution in [2.24, 2.45) is 0 Å². The van der Waals surface area contributed by atoms with E-state index in [4.69, 9.17) is 23.2 Å². The van der Waals surface area contributed by atoms with Crippen LogP contribution in [-0.4, -0.2) is 50.1 Å². The summed E-state index contributed by atoms with van der Waals surface area (Å²) in [5.74, 6) is 0.0659. The molecule has 0 bridgehead atoms. The number of carbonyl (C=O) groups excluding carboxylic acids is 1. The van der Waals surface area contributed by atoms with Crippen LogP contribution in [-0.2, 0) is 11.2 Å². The maximum atomic E-state index is 11.8. The van der Waals surface area contributed by atoms with Gasteiger partial charge in [0, 0.05) is 55.7 Å². The van der Waals surface area contributed by atoms with Crippen LogP contribution in [0.3, 0.4) is 0 Å². The Morgan fingerprint density at radius 2 is 2.00 bits per heavy atom. The molecule has 1 heterocycles. The van der Waals surface area contributed by atoms with Crippen LogP contribution in [0.1, 0.15) is 12.0 Å². The van der Waals surface area contributed by atoms with Gasteiger partial charge < -0.3 is 10.6 Å². The Morgan fingerprint density at radius 3 is 2.68 bits per heavy atom. The van der Waals surface area contributed by atoms with Crippen molar-refractivity contribution in [3.63, 3.8) is 0 Å². The Morgan fingerprint density at radius 1 is 1.27 bits per heavy atom. The quantitative estimate of drug-likeness (QED) is 0.812. The van der Waals surface area contributed by atoms with Gasteiger partial charge in [0.1, 0.15) is 0 Å². The molecule has 0 radical (unpaired) electrons. The van der Waals surface area contributed by atoms with Crippen LogP contribution in [0.25, 0.3) is 0 Å². The molecular formula is C15H22Cl3N3O. The van der Waals surface area contributed by atoms with Gasteiger partial charge in [0.05, 0.1) is 0 Å². The predicted molar refractivity (Wildman–Crippen MR) is 94.4 cm³/mol. The van der Waals surface area contributed by atoms with Crippen molar-refractivity contribution in [3.8, 4) is 0 Å². The number of nitrogens with one attached hydrogen (secondary N) is 2. The number of hydrogen-bond donors (Lipinski definition) is 2. The van der Waals surface area contributed by atoms with Crippen molar-refractivity contribution in [1.29, 1.82) is 0 Å². The second-order valence-electron chi connectivity index (χ2n) is 5.18. The Balaban J connectivity index is 0.00000242. The van der Waals surface area contributed by atoms with Gasteiger partial charge in [-0.05, 0) is 24.1 Å². The summed E-state index contributed by atoms with van der Waals surface area (Å²) in [7, 11) is 0. The second kappa shape index (κ2) is 10.3. The smallest absolute Gasteiger partial charge is 0.220 e. The third kappa shape index (κ3) is 6.71. The molecule has 22 heavy (non-hydrogen) atoms. The van der Waals surface area contributed by atoms with E-state index in [1.807, 2.05) is 6.07 Å². The van der Waals surface area contributed by atoms with Gasteiger partial charge in [-0.25, -0.2) is 0 Å². The topological polar surface area (TPSA) is 44.4 Å². The molecule has 4 nitrogen and oxygen atoms in total. The van der Waals surface area contributed by atoms with Gasteiger partial charge in [0.15, 0.2) is 0 Å². The van der Waals surface area contributed by atoms with Gasteiger partial charge in [-0.1, -0.05) is 29.3 Å². The van der Waals surface area contributed by atoms with E-state index in [2.05, 4.69) is 15.5 Å². The summed E-state index contributed by atoms with van der Waals surface area (Å²) < 4.78 is 0. The average molecular weight is 367 g/mol. The van der Waals surface area contributed by atoms with Crippen LogP contribution in [0.2, 0.25) is 10.0 Å². The fraction of sp³-hybridized carbons (Fsp3) is 0.533. The summed E-state index contributed by atoms with van der Waals surface area (Å²) >= 11 is 11.9. The first-order valence-electron chi connectivity index (χ1n) is 7.29. The van der Waals surface area contributed by atoms with E-state index in [0.717, 1.165) is 38.3 Å². The summed E-state index contributed by atoms with van der Waals surface area (Å²) in [6.07, 6.45) is 1.08. The number of aryl methyl sites for hydroxylation is 1. The summed E-state index contributed by atoms with van der Waals surface area (Å²) in [4.78, 5) is 14.2. The first-order chi connectivity index (χ1) is 10.1. The zero-order valence-electron chi connectivity index (χ0n) is 12.4. The molecule has 124 valence electrons. The fourth-order valence-electron chi connectivity index (χ4n) is 2.35. The molecular weight excluding hydrogens is 345 g/mol. The molecule has 0 spiro atoms. The number of hydrogen-bond acceptors (Lipinski definition) is 3. The van der Waals surface area contributed by atoms with E-state index in [1.165, 1.54) is 0 Å². The molecule has 1 aromatic carbocycles. The molecule has 1 aliphatic rings. The van der Waals surface area contributed by atoms with Crippen LogP contribution in [0, 0.1) is 0 Å². The van der Waals surface area contributed by atoms with E-state index in [1.54, 1.807) is 12.1 Å². The third-order valence-electron chi connectivity index (χ3n) is 3.60. The maximum Gasteiger partial charge on any atom is 0.220 e. The highest BCUT2D eigenvalue weighted by Crippen LogP contribution is 2.21. The van der Waals surface area contributed by atoms with E-state index in [9.17, 15) is 4.79 Å². The first kappa shape index (κ1) is 19.5. The highest BCUT2D eigenvalue weighted by Gasteiger charge is 2.10. The molecule has 0 aromatic heterocycles. The van der Waals surface area contributed by atoms with Crippen molar-refractivity contribution < 1.29 is 4.79 Å². The molecule has 0 saturated carbocycles. The summed E-state index contributed by atoms with van der Waals surface area (Å²) in [5.41, 5.74) is 0.957. The number of carbonyl (C=O) groups is 1. The maximum absolute atomic E-state index is 11.8. The molecule has 1 aliphatic heterocycles. The zero-order valence-corrected chi connectivity index (χ0v) is 14.7. The van der Waals surface area contributed by atoms with Crippen molar-refractivity contribution in [1.82, 2.24) is 15.5 Å². The number of piperazine rings is 1. The standard InChI is InChI=1S/C15H21Cl2N3O.ClH/c16-13-3-1-12(14(17)11-13)2-4-15(21)19-7-10-20-8-5-18-6-9-20;/h1,3,11,18H,2,4-10H2,(H,19,21);1H. The normalized spacial score (nSPS) is 15.2. The predicted octanol–water partition coefficient (Wildman–Crippen LogP) is 2.37. The molecule has 7 heteroatoms. The summed E-state index contributed by atoms with van der Waals surface area (Å²) in [5, 5.41) is 7.51. The lowest BCUT2D eigenvalue weighted by atomic mass is 10.1. The minimum absolute atomic E-state index is 0. The number of amides is 1. The lowest BCUT2D eigenvalue weighted by Crippen LogP contribution is -2.46. The average Bonchev–Trinajstić information content (AvgIpc) is 2.47. The first-order valence-corrected chi connectivity index (χ1v) is 8.04. The Labute approximate surface area is 147 Å². The SMILES string of the molecule is Cl.O=C(CCc1ccc(Cl)cc1Cl)NCCN1CCNCC1. The minimum atomic E-state index is 0. The lowest BCUT2D eigenvalue weighted by molar-refractivity contribution is -0.121. The molecule has 2 N–H and O–H groups in total. The molecule has 1 amide bonds. The molecule has 0 aliphatic carbocycles. The van der Waals surface area contributed by atoms with Crippen LogP contribution in [0.5, 0.6) is 0 Å². The second-order valence-corrected chi connectivity index (χ2v) is 6.02. The number of rotatable bonds is 6. The van der Waals surface area contributed by atoms with Crippen LogP contribution < -0.4 is 10.6 Å². The largest absolute Gasteiger partial charge is 0.355 e. The van der Waals surface area contributed by atoms with Gasteiger partial charge in [0.25, 0.3) is 0 Å². The monoisotopic (exact) mass is 365 g/mol. The van der Waals surface area contributed by atoms with Crippen LogP contribution in [0.15, 0.2) is 18.2 Å². The number of benzene rings is 1. The molecule has 1 aromatic rings. The fourth-order valence-corrected chi connectivity index (χ4v) is 2.85. The molecule has 1 saturated heterocycles. The molecule has 1 fully saturated rings. The lowest BCUT2D eigenvalue weighted by Gasteiger charge is -2.27. The zero-order chi connectivity index (χ0) is 15.1. The van der Waals surface area contributed by atoms with Crippen molar-refractivity contribution in [3.05, 3.63) is 33.8 Å². The van der Waals surface area contributed by atoms with Gasteiger partial charge >= 0.3 is 0 Å². The molecule has 2 rings (SSSR count). The van der Waals surface area contributed by atoms with E-state index >= 15 is 0 Å². The highest BCUT2D eigenvalue weighted by molar-refractivity contribution is 6.35. The van der Waals surface area contributed by atoms with Gasteiger partial charge in [-0.2, -0.15) is 0 Å². The number of halogens is 3. The Hall–Kier alpha value is -0.520. The Bertz CT molecular complexity index is 479. The Kier molecular flexibility index (Phi) is 9.13. The molecule has 0 unspecified atom stereocenters. The number of nitrogens with zero attached hydrogens (tertiary/aromatic N) is 1.